The highest BCUT2D eigenvalue weighted by molar-refractivity contribution is 7.09. The van der Waals surface area contributed by atoms with E-state index in [0.29, 0.717) is 79.5 Å². The summed E-state index contributed by atoms with van der Waals surface area (Å²) >= 11 is 0.567. The van der Waals surface area contributed by atoms with E-state index >= 15 is 0 Å². The Morgan fingerprint density at radius 2 is 1.67 bits per heavy atom. The van der Waals surface area contributed by atoms with Crippen LogP contribution in [0.25, 0.3) is 0 Å². The van der Waals surface area contributed by atoms with Crippen LogP contribution in [0, 0.1) is 5.92 Å². The molecule has 1 aliphatic rings. The Morgan fingerprint density at radius 3 is 2.21 bits per heavy atom. The standard InChI is InChI=1S/C31H35F6N7O3S/c1-19(2)17-43(13-5-4-6-14-44(18-45)23-10-8-22(9-11-23)29(41-42-29)31(35,36)37)25-12-7-21(20(3)15-26(46)47)16-24(25)38-28-39-27(40-48-28)30(32,33)34/h7-12,16,18-20H,4-6,13-15,17H2,1-3H3,(H,46,47)(H,38,39,40)/t20-/m1/s1. The van der Waals surface area contributed by atoms with E-state index in [4.69, 9.17) is 0 Å². The van der Waals surface area contributed by atoms with Gasteiger partial charge in [-0.3, -0.25) is 9.59 Å². The number of nitrogens with one attached hydrogen (secondary N) is 1. The Morgan fingerprint density at radius 1 is 1.00 bits per heavy atom. The van der Waals surface area contributed by atoms with E-state index in [-0.39, 0.29) is 29.0 Å². The largest absolute Gasteiger partial charge is 0.481 e. The molecule has 1 atom stereocenters. The number of anilines is 4. The number of rotatable bonds is 17. The molecular formula is C31H35F6N7O3S. The molecule has 0 radical (unpaired) electrons. The number of carboxylic acid groups (broad SMARTS) is 1. The first-order chi connectivity index (χ1) is 22.5. The van der Waals surface area contributed by atoms with Crippen molar-refractivity contribution in [1.29, 1.82) is 0 Å². The fraction of sp³-hybridized carbons (Fsp3) is 0.484. The number of alkyl halides is 6. The lowest BCUT2D eigenvalue weighted by atomic mass is 9.96. The Hall–Kier alpha value is -4.28. The first-order valence-corrected chi connectivity index (χ1v) is 15.9. The second-order valence-corrected chi connectivity index (χ2v) is 12.7. The van der Waals surface area contributed by atoms with Crippen molar-refractivity contribution in [1.82, 2.24) is 9.36 Å². The van der Waals surface area contributed by atoms with Crippen LogP contribution < -0.4 is 15.1 Å². The lowest BCUT2D eigenvalue weighted by Gasteiger charge is -2.30. The van der Waals surface area contributed by atoms with Gasteiger partial charge in [0.25, 0.3) is 0 Å². The molecule has 2 aromatic carbocycles. The predicted molar refractivity (Wildman–Crippen MR) is 169 cm³/mol. The number of aliphatic carboxylic acids is 1. The van der Waals surface area contributed by atoms with Gasteiger partial charge in [-0.2, -0.15) is 35.7 Å². The number of hydrogen-bond donors (Lipinski definition) is 2. The first kappa shape index (κ1) is 36.6. The normalized spacial score (nSPS) is 14.5. The van der Waals surface area contributed by atoms with Gasteiger partial charge in [-0.15, -0.1) is 10.2 Å². The first-order valence-electron chi connectivity index (χ1n) is 15.2. The maximum atomic E-state index is 13.3. The summed E-state index contributed by atoms with van der Waals surface area (Å²) in [6, 6.07) is 10.7. The van der Waals surface area contributed by atoms with Crippen molar-refractivity contribution in [3.63, 3.8) is 0 Å². The van der Waals surface area contributed by atoms with Gasteiger partial charge in [-0.1, -0.05) is 39.0 Å². The maximum absolute atomic E-state index is 13.3. The zero-order valence-corrected chi connectivity index (χ0v) is 27.2. The van der Waals surface area contributed by atoms with Crippen LogP contribution in [0.4, 0.5) is 48.5 Å². The van der Waals surface area contributed by atoms with Gasteiger partial charge in [0.05, 0.1) is 17.8 Å². The highest BCUT2D eigenvalue weighted by Crippen LogP contribution is 2.52. The van der Waals surface area contributed by atoms with Crippen LogP contribution in [0.5, 0.6) is 0 Å². The van der Waals surface area contributed by atoms with Crippen molar-refractivity contribution in [2.45, 2.75) is 70.4 Å². The number of carbonyl (C=O) groups excluding carboxylic acids is 1. The molecule has 10 nitrogen and oxygen atoms in total. The summed E-state index contributed by atoms with van der Waals surface area (Å²) in [5.74, 6) is -2.39. The lowest BCUT2D eigenvalue weighted by Crippen LogP contribution is -2.30. The van der Waals surface area contributed by atoms with Gasteiger partial charge in [0.1, 0.15) is 0 Å². The van der Waals surface area contributed by atoms with Gasteiger partial charge in [-0.25, -0.2) is 0 Å². The van der Waals surface area contributed by atoms with E-state index in [1.165, 1.54) is 29.2 Å². The summed E-state index contributed by atoms with van der Waals surface area (Å²) in [6.45, 7) is 7.29. The van der Waals surface area contributed by atoms with Gasteiger partial charge < -0.3 is 20.2 Å². The van der Waals surface area contributed by atoms with Crippen LogP contribution in [-0.4, -0.2) is 52.7 Å². The molecule has 2 N–H and O–H groups in total. The number of amides is 1. The minimum atomic E-state index is -4.71. The Balaban J connectivity index is 1.44. The third kappa shape index (κ3) is 8.99. The van der Waals surface area contributed by atoms with Gasteiger partial charge >= 0.3 is 24.0 Å². The zero-order valence-electron chi connectivity index (χ0n) is 26.3. The SMILES string of the molecule is CC(C)CN(CCCCCN(C=O)c1ccc(C2(C(F)(F)F)N=N2)cc1)c1ccc([C@H](C)CC(=O)O)cc1Nc1nc(C(F)(F)F)ns1. The van der Waals surface area contributed by atoms with Gasteiger partial charge in [0.15, 0.2) is 0 Å². The number of carboxylic acids is 1. The second kappa shape index (κ2) is 14.9. The van der Waals surface area contributed by atoms with Gasteiger partial charge in [0, 0.05) is 42.4 Å². The fourth-order valence-corrected chi connectivity index (χ4v) is 5.80. The summed E-state index contributed by atoms with van der Waals surface area (Å²) in [4.78, 5) is 30.2. The third-order valence-corrected chi connectivity index (χ3v) is 8.30. The number of unbranched alkanes of at least 4 members (excludes halogenated alkanes) is 2. The van der Waals surface area contributed by atoms with Crippen LogP contribution >= 0.6 is 11.5 Å². The molecule has 2 heterocycles. The average molecular weight is 700 g/mol. The molecule has 260 valence electrons. The van der Waals surface area contributed by atoms with Crippen LogP contribution in [0.3, 0.4) is 0 Å². The molecule has 0 unspecified atom stereocenters. The van der Waals surface area contributed by atoms with E-state index in [1.54, 1.807) is 19.1 Å². The smallest absolute Gasteiger partial charge is 0.452 e. The average Bonchev–Trinajstić information content (AvgIpc) is 3.70. The number of aromatic nitrogens is 2. The molecule has 0 saturated carbocycles. The molecule has 17 heteroatoms. The molecule has 0 aliphatic carbocycles. The summed E-state index contributed by atoms with van der Waals surface area (Å²) in [5.41, 5.74) is -0.379. The van der Waals surface area contributed by atoms with E-state index in [1.807, 2.05) is 19.9 Å². The van der Waals surface area contributed by atoms with Crippen molar-refractivity contribution < 1.29 is 41.0 Å². The van der Waals surface area contributed by atoms with E-state index in [9.17, 15) is 41.0 Å². The summed E-state index contributed by atoms with van der Waals surface area (Å²) in [6.07, 6.45) is -6.90. The Labute approximate surface area is 277 Å². The fourth-order valence-electron chi connectivity index (χ4n) is 5.20. The molecule has 0 fully saturated rings. The second-order valence-electron chi connectivity index (χ2n) is 11.9. The quantitative estimate of drug-likeness (QED) is 0.0825. The van der Waals surface area contributed by atoms with Gasteiger partial charge in [0.2, 0.25) is 17.4 Å². The predicted octanol–water partition coefficient (Wildman–Crippen LogP) is 8.36. The highest BCUT2D eigenvalue weighted by Gasteiger charge is 2.65. The molecule has 3 aromatic rings. The molecule has 1 aliphatic heterocycles. The van der Waals surface area contributed by atoms with Crippen LogP contribution in [0.1, 0.15) is 69.3 Å². The van der Waals surface area contributed by atoms with Crippen molar-refractivity contribution in [3.05, 3.63) is 59.4 Å². The molecular weight excluding hydrogens is 664 g/mol. The van der Waals surface area contributed by atoms with Crippen molar-refractivity contribution >= 4 is 46.1 Å². The van der Waals surface area contributed by atoms with E-state index < -0.39 is 29.8 Å². The number of halogens is 6. The minimum absolute atomic E-state index is 0.0624. The summed E-state index contributed by atoms with van der Waals surface area (Å²) in [7, 11) is 0. The topological polar surface area (TPSA) is 123 Å². The molecule has 1 amide bonds. The summed E-state index contributed by atoms with van der Waals surface area (Å²) in [5, 5.41) is 18.6. The van der Waals surface area contributed by atoms with Crippen LogP contribution in [-0.2, 0) is 21.4 Å². The monoisotopic (exact) mass is 699 g/mol. The zero-order chi connectivity index (χ0) is 35.3. The molecule has 0 saturated heterocycles. The molecule has 4 rings (SSSR count). The summed E-state index contributed by atoms with van der Waals surface area (Å²) < 4.78 is 82.9. The van der Waals surface area contributed by atoms with Crippen LogP contribution in [0.15, 0.2) is 52.7 Å². The molecule has 48 heavy (non-hydrogen) atoms. The van der Waals surface area contributed by atoms with Crippen LogP contribution in [0.2, 0.25) is 0 Å². The van der Waals surface area contributed by atoms with E-state index in [0.717, 1.165) is 0 Å². The highest BCUT2D eigenvalue weighted by atomic mass is 32.1. The number of hydrogen-bond acceptors (Lipinski definition) is 9. The number of carbonyl (C=O) groups is 2. The van der Waals surface area contributed by atoms with Crippen molar-refractivity contribution in [3.8, 4) is 0 Å². The molecule has 0 bridgehead atoms. The number of nitrogens with zero attached hydrogens (tertiary/aromatic N) is 6. The third-order valence-electron chi connectivity index (χ3n) is 7.67. The molecule has 0 spiro atoms. The maximum Gasteiger partial charge on any atom is 0.452 e. The van der Waals surface area contributed by atoms with Crippen molar-refractivity contribution in [2.24, 2.45) is 16.1 Å². The van der Waals surface area contributed by atoms with E-state index in [2.05, 4.69) is 29.8 Å². The Bertz CT molecular complexity index is 1590. The Kier molecular flexibility index (Phi) is 11.3. The van der Waals surface area contributed by atoms with Crippen molar-refractivity contribution in [2.75, 3.05) is 34.8 Å². The lowest BCUT2D eigenvalue weighted by molar-refractivity contribution is -0.166. The minimum Gasteiger partial charge on any atom is -0.481 e. The molecule has 1 aromatic heterocycles. The number of benzene rings is 2. The van der Waals surface area contributed by atoms with Gasteiger partial charge in [-0.05, 0) is 60.9 Å².